The molecule has 2 aliphatic heterocycles. The molecule has 0 spiro atoms. The standard InChI is InChI=1S/C16H24BClN2O2/c1-15(2)16(3,4)22-17(21-15)12-8-9-13(18)19-14(12)20-10-6-5-7-11-20/h8-9H,5-7,10-11H2,1-4H3. The average molecular weight is 323 g/mol. The quantitative estimate of drug-likeness (QED) is 0.619. The number of aromatic nitrogens is 1. The molecule has 0 bridgehead atoms. The minimum atomic E-state index is -0.397. The van der Waals surface area contributed by atoms with Crippen LogP contribution in [0.2, 0.25) is 5.15 Å². The summed E-state index contributed by atoms with van der Waals surface area (Å²) in [6, 6.07) is 3.80. The van der Waals surface area contributed by atoms with Gasteiger partial charge in [0.15, 0.2) is 0 Å². The molecule has 3 heterocycles. The van der Waals surface area contributed by atoms with Crippen LogP contribution in [0.25, 0.3) is 0 Å². The fourth-order valence-corrected chi connectivity index (χ4v) is 3.09. The molecule has 4 nitrogen and oxygen atoms in total. The minimum Gasteiger partial charge on any atom is -0.399 e. The molecule has 0 radical (unpaired) electrons. The summed E-state index contributed by atoms with van der Waals surface area (Å²) in [6.07, 6.45) is 3.66. The van der Waals surface area contributed by atoms with Crippen molar-refractivity contribution in [2.45, 2.75) is 58.2 Å². The summed E-state index contributed by atoms with van der Waals surface area (Å²) in [6.45, 7) is 10.3. The highest BCUT2D eigenvalue weighted by Crippen LogP contribution is 2.37. The van der Waals surface area contributed by atoms with Gasteiger partial charge in [0.05, 0.1) is 11.2 Å². The van der Waals surface area contributed by atoms with Gasteiger partial charge in [-0.25, -0.2) is 4.98 Å². The summed E-state index contributed by atoms with van der Waals surface area (Å²) in [5.74, 6) is 0.908. The zero-order valence-corrected chi connectivity index (χ0v) is 14.6. The maximum Gasteiger partial charge on any atom is 0.498 e. The number of hydrogen-bond acceptors (Lipinski definition) is 4. The first-order chi connectivity index (χ1) is 10.3. The van der Waals surface area contributed by atoms with Crippen LogP contribution in [0.4, 0.5) is 5.82 Å². The van der Waals surface area contributed by atoms with E-state index in [0.29, 0.717) is 5.15 Å². The minimum absolute atomic E-state index is 0.351. The Kier molecular flexibility index (Phi) is 4.17. The highest BCUT2D eigenvalue weighted by molar-refractivity contribution is 6.63. The molecule has 0 amide bonds. The van der Waals surface area contributed by atoms with Crippen LogP contribution in [0.3, 0.4) is 0 Å². The second-order valence-corrected chi connectivity index (χ2v) is 7.57. The molecule has 0 saturated carbocycles. The van der Waals surface area contributed by atoms with E-state index in [2.05, 4.69) is 37.6 Å². The van der Waals surface area contributed by atoms with Crippen LogP contribution >= 0.6 is 11.6 Å². The molecule has 1 aromatic heterocycles. The maximum atomic E-state index is 6.19. The Balaban J connectivity index is 1.94. The van der Waals surface area contributed by atoms with Crippen LogP contribution < -0.4 is 10.4 Å². The van der Waals surface area contributed by atoms with Gasteiger partial charge >= 0.3 is 7.12 Å². The topological polar surface area (TPSA) is 34.6 Å². The van der Waals surface area contributed by atoms with Gasteiger partial charge in [0.25, 0.3) is 0 Å². The second-order valence-electron chi connectivity index (χ2n) is 7.18. The van der Waals surface area contributed by atoms with Gasteiger partial charge < -0.3 is 14.2 Å². The number of pyridine rings is 1. The van der Waals surface area contributed by atoms with Gasteiger partial charge in [-0.05, 0) is 53.0 Å². The molecular weight excluding hydrogens is 298 g/mol. The summed E-state index contributed by atoms with van der Waals surface area (Å²) in [4.78, 5) is 6.87. The first-order valence-electron chi connectivity index (χ1n) is 8.07. The summed E-state index contributed by atoms with van der Waals surface area (Å²) in [5, 5.41) is 0.515. The lowest BCUT2D eigenvalue weighted by Crippen LogP contribution is -2.42. The summed E-state index contributed by atoms with van der Waals surface area (Å²) in [7, 11) is -0.397. The third kappa shape index (κ3) is 2.86. The zero-order chi connectivity index (χ0) is 16.0. The number of nitrogens with zero attached hydrogens (tertiary/aromatic N) is 2. The van der Waals surface area contributed by atoms with E-state index in [4.69, 9.17) is 20.9 Å². The van der Waals surface area contributed by atoms with Crippen molar-refractivity contribution in [1.29, 1.82) is 0 Å². The highest BCUT2D eigenvalue weighted by atomic mass is 35.5. The van der Waals surface area contributed by atoms with Gasteiger partial charge in [-0.1, -0.05) is 17.7 Å². The third-order valence-corrected chi connectivity index (χ3v) is 5.24. The lowest BCUT2D eigenvalue weighted by atomic mass is 9.79. The van der Waals surface area contributed by atoms with E-state index in [9.17, 15) is 0 Å². The predicted octanol–water partition coefficient (Wildman–Crippen LogP) is 3.02. The molecular formula is C16H24BClN2O2. The van der Waals surface area contributed by atoms with Crippen molar-refractivity contribution in [1.82, 2.24) is 4.98 Å². The van der Waals surface area contributed by atoms with E-state index in [0.717, 1.165) is 24.4 Å². The number of piperidine rings is 1. The number of rotatable bonds is 2. The van der Waals surface area contributed by atoms with E-state index < -0.39 is 7.12 Å². The Morgan fingerprint density at radius 3 is 2.23 bits per heavy atom. The van der Waals surface area contributed by atoms with Crippen molar-refractivity contribution in [2.24, 2.45) is 0 Å². The molecule has 0 atom stereocenters. The average Bonchev–Trinajstić information content (AvgIpc) is 2.68. The normalized spacial score (nSPS) is 23.9. The van der Waals surface area contributed by atoms with E-state index in [-0.39, 0.29) is 11.2 Å². The third-order valence-electron chi connectivity index (χ3n) is 5.03. The van der Waals surface area contributed by atoms with Crippen LogP contribution in [0.1, 0.15) is 47.0 Å². The summed E-state index contributed by atoms with van der Waals surface area (Å²) < 4.78 is 12.4. The Morgan fingerprint density at radius 1 is 1.05 bits per heavy atom. The monoisotopic (exact) mass is 322 g/mol. The van der Waals surface area contributed by atoms with Gasteiger partial charge in [-0.15, -0.1) is 0 Å². The molecule has 22 heavy (non-hydrogen) atoms. The van der Waals surface area contributed by atoms with Gasteiger partial charge in [0.1, 0.15) is 11.0 Å². The number of anilines is 1. The maximum absolute atomic E-state index is 6.19. The van der Waals surface area contributed by atoms with E-state index >= 15 is 0 Å². The van der Waals surface area contributed by atoms with Crippen molar-refractivity contribution in [3.8, 4) is 0 Å². The van der Waals surface area contributed by atoms with Crippen molar-refractivity contribution in [2.75, 3.05) is 18.0 Å². The number of halogens is 1. The molecule has 2 aliphatic rings. The van der Waals surface area contributed by atoms with Gasteiger partial charge in [-0.2, -0.15) is 0 Å². The Morgan fingerprint density at radius 2 is 1.64 bits per heavy atom. The molecule has 1 aromatic rings. The molecule has 120 valence electrons. The summed E-state index contributed by atoms with van der Waals surface area (Å²) in [5.41, 5.74) is 0.275. The molecule has 0 N–H and O–H groups in total. The fraction of sp³-hybridized carbons (Fsp3) is 0.688. The first-order valence-corrected chi connectivity index (χ1v) is 8.45. The van der Waals surface area contributed by atoms with Crippen molar-refractivity contribution in [3.63, 3.8) is 0 Å². The molecule has 0 aliphatic carbocycles. The van der Waals surface area contributed by atoms with Gasteiger partial charge in [-0.3, -0.25) is 0 Å². The Labute approximate surface area is 138 Å². The molecule has 0 unspecified atom stereocenters. The van der Waals surface area contributed by atoms with E-state index in [1.807, 2.05) is 12.1 Å². The van der Waals surface area contributed by atoms with Gasteiger partial charge in [0, 0.05) is 18.6 Å². The van der Waals surface area contributed by atoms with Crippen LogP contribution in [-0.2, 0) is 9.31 Å². The molecule has 3 rings (SSSR count). The lowest BCUT2D eigenvalue weighted by Gasteiger charge is -2.32. The lowest BCUT2D eigenvalue weighted by molar-refractivity contribution is 0.00578. The second kappa shape index (κ2) is 5.70. The molecule has 0 aromatic carbocycles. The van der Waals surface area contributed by atoms with Gasteiger partial charge in [0.2, 0.25) is 0 Å². The van der Waals surface area contributed by atoms with Crippen LogP contribution in [0.5, 0.6) is 0 Å². The largest absolute Gasteiger partial charge is 0.498 e. The van der Waals surface area contributed by atoms with Crippen LogP contribution in [0.15, 0.2) is 12.1 Å². The number of hydrogen-bond donors (Lipinski definition) is 0. The summed E-state index contributed by atoms with van der Waals surface area (Å²) >= 11 is 6.14. The van der Waals surface area contributed by atoms with E-state index in [1.165, 1.54) is 19.3 Å². The van der Waals surface area contributed by atoms with Crippen LogP contribution in [0, 0.1) is 0 Å². The van der Waals surface area contributed by atoms with Crippen molar-refractivity contribution < 1.29 is 9.31 Å². The van der Waals surface area contributed by atoms with Crippen molar-refractivity contribution in [3.05, 3.63) is 17.3 Å². The predicted molar refractivity (Wildman–Crippen MR) is 91.0 cm³/mol. The SMILES string of the molecule is CC1(C)OB(c2ccc(Cl)nc2N2CCCCC2)OC1(C)C. The highest BCUT2D eigenvalue weighted by Gasteiger charge is 2.52. The van der Waals surface area contributed by atoms with E-state index in [1.54, 1.807) is 0 Å². The molecule has 2 saturated heterocycles. The smallest absolute Gasteiger partial charge is 0.399 e. The van der Waals surface area contributed by atoms with Crippen LogP contribution in [-0.4, -0.2) is 36.4 Å². The zero-order valence-electron chi connectivity index (χ0n) is 13.9. The first kappa shape index (κ1) is 16.1. The Hall–Kier alpha value is -0.775. The Bertz CT molecular complexity index is 543. The molecule has 2 fully saturated rings. The van der Waals surface area contributed by atoms with Crippen molar-refractivity contribution >= 4 is 30.0 Å². The fourth-order valence-electron chi connectivity index (χ4n) is 2.95. The molecule has 6 heteroatoms.